The van der Waals surface area contributed by atoms with Crippen molar-refractivity contribution in [1.29, 1.82) is 0 Å². The summed E-state index contributed by atoms with van der Waals surface area (Å²) in [5.74, 6) is -0.917. The predicted molar refractivity (Wildman–Crippen MR) is 90.5 cm³/mol. The molecule has 4 nitrogen and oxygen atoms in total. The number of rotatable bonds is 6. The highest BCUT2D eigenvalue weighted by Crippen LogP contribution is 2.30. The number of alkyl halides is 3. The van der Waals surface area contributed by atoms with Crippen LogP contribution in [0.4, 0.5) is 13.2 Å². The lowest BCUT2D eigenvalue weighted by Crippen LogP contribution is -2.36. The normalized spacial score (nSPS) is 12.8. The molecule has 26 heavy (non-hydrogen) atoms. The molecule has 140 valence electrons. The first-order valence-corrected chi connectivity index (χ1v) is 8.15. The van der Waals surface area contributed by atoms with Crippen molar-refractivity contribution in [3.63, 3.8) is 0 Å². The first-order chi connectivity index (χ1) is 12.2. The van der Waals surface area contributed by atoms with E-state index in [0.29, 0.717) is 12.1 Å². The predicted octanol–water partition coefficient (Wildman–Crippen LogP) is 4.44. The number of hydrogen-bond donors (Lipinski definition) is 1. The van der Waals surface area contributed by atoms with Gasteiger partial charge in [0.05, 0.1) is 5.56 Å². The molecule has 0 fully saturated rings. The molecule has 0 amide bonds. The van der Waals surface area contributed by atoms with Gasteiger partial charge in [0, 0.05) is 12.6 Å². The molecule has 0 aliphatic carbocycles. The maximum absolute atomic E-state index is 12.8. The minimum Gasteiger partial charge on any atom is -0.507 e. The van der Waals surface area contributed by atoms with Gasteiger partial charge in [-0.25, -0.2) is 4.79 Å². The first-order valence-electron chi connectivity index (χ1n) is 8.15. The minimum atomic E-state index is -4.40. The van der Waals surface area contributed by atoms with Gasteiger partial charge in [0.2, 0.25) is 0 Å². The molecule has 2 aromatic rings. The van der Waals surface area contributed by atoms with Crippen molar-refractivity contribution in [3.05, 3.63) is 65.2 Å². The third-order valence-corrected chi connectivity index (χ3v) is 3.91. The SMILES string of the molecule is CCN(OC(=O)c1ccccc1O)C(C)Cc1cccc(C(F)(F)F)c1. The summed E-state index contributed by atoms with van der Waals surface area (Å²) >= 11 is 0. The fraction of sp³-hybridized carbons (Fsp3) is 0.316. The molecule has 0 saturated carbocycles. The van der Waals surface area contributed by atoms with Crippen LogP contribution < -0.4 is 0 Å². The van der Waals surface area contributed by atoms with Crippen molar-refractivity contribution in [2.24, 2.45) is 0 Å². The van der Waals surface area contributed by atoms with Crippen LogP contribution in [0.2, 0.25) is 0 Å². The summed E-state index contributed by atoms with van der Waals surface area (Å²) in [7, 11) is 0. The second-order valence-electron chi connectivity index (χ2n) is 5.88. The van der Waals surface area contributed by atoms with E-state index in [1.54, 1.807) is 32.0 Å². The Hall–Kier alpha value is -2.54. The number of aromatic hydroxyl groups is 1. The minimum absolute atomic E-state index is 0.0252. The number of phenols is 1. The van der Waals surface area contributed by atoms with E-state index >= 15 is 0 Å². The number of likely N-dealkylation sites (N-methyl/N-ethyl adjacent to an activating group) is 1. The largest absolute Gasteiger partial charge is 0.507 e. The van der Waals surface area contributed by atoms with Gasteiger partial charge in [-0.05, 0) is 44.0 Å². The third kappa shape index (κ3) is 4.98. The molecule has 0 aliphatic rings. The molecule has 1 N–H and O–H groups in total. The molecule has 0 radical (unpaired) electrons. The topological polar surface area (TPSA) is 49.8 Å². The van der Waals surface area contributed by atoms with E-state index in [4.69, 9.17) is 4.84 Å². The number of carbonyl (C=O) groups is 1. The Morgan fingerprint density at radius 2 is 1.88 bits per heavy atom. The Balaban J connectivity index is 2.08. The van der Waals surface area contributed by atoms with Crippen molar-refractivity contribution in [1.82, 2.24) is 5.06 Å². The molecule has 7 heteroatoms. The number of hydroxylamine groups is 2. The molecule has 0 saturated heterocycles. The second kappa shape index (κ2) is 8.23. The maximum Gasteiger partial charge on any atom is 0.416 e. The Morgan fingerprint density at radius 1 is 1.19 bits per heavy atom. The number of carbonyl (C=O) groups excluding carboxylic acids is 1. The van der Waals surface area contributed by atoms with Crippen molar-refractivity contribution in [2.75, 3.05) is 6.54 Å². The molecule has 0 spiro atoms. The van der Waals surface area contributed by atoms with Crippen LogP contribution in [0, 0.1) is 0 Å². The summed E-state index contributed by atoms with van der Waals surface area (Å²) in [6, 6.07) is 10.7. The smallest absolute Gasteiger partial charge is 0.416 e. The molecule has 2 aromatic carbocycles. The number of benzene rings is 2. The Kier molecular flexibility index (Phi) is 6.26. The molecular weight excluding hydrogens is 347 g/mol. The summed E-state index contributed by atoms with van der Waals surface area (Å²) in [4.78, 5) is 17.5. The quantitative estimate of drug-likeness (QED) is 0.767. The highest BCUT2D eigenvalue weighted by atomic mass is 19.4. The molecular formula is C19H20F3NO3. The van der Waals surface area contributed by atoms with Crippen molar-refractivity contribution in [2.45, 2.75) is 32.5 Å². The first kappa shape index (κ1) is 19.8. The Bertz CT molecular complexity index is 762. The highest BCUT2D eigenvalue weighted by Gasteiger charge is 2.30. The van der Waals surface area contributed by atoms with Gasteiger partial charge in [0.15, 0.2) is 0 Å². The lowest BCUT2D eigenvalue weighted by Gasteiger charge is -2.26. The van der Waals surface area contributed by atoms with Gasteiger partial charge in [-0.15, -0.1) is 5.06 Å². The van der Waals surface area contributed by atoms with Gasteiger partial charge < -0.3 is 9.94 Å². The standard InChI is InChI=1S/C19H20F3NO3/c1-3-23(26-18(25)16-9-4-5-10-17(16)24)13(2)11-14-7-6-8-15(12-14)19(20,21)22/h4-10,12-13,24H,3,11H2,1-2H3. The Morgan fingerprint density at radius 3 is 2.50 bits per heavy atom. The van der Waals surface area contributed by atoms with Crippen molar-refractivity contribution < 1.29 is 27.9 Å². The summed E-state index contributed by atoms with van der Waals surface area (Å²) in [5, 5.41) is 11.1. The van der Waals surface area contributed by atoms with E-state index in [1.807, 2.05) is 0 Å². The number of halogens is 3. The lowest BCUT2D eigenvalue weighted by atomic mass is 10.0. The molecule has 0 heterocycles. The van der Waals surface area contributed by atoms with Crippen LogP contribution in [-0.4, -0.2) is 28.7 Å². The second-order valence-corrected chi connectivity index (χ2v) is 5.88. The highest BCUT2D eigenvalue weighted by molar-refractivity contribution is 5.92. The average Bonchev–Trinajstić information content (AvgIpc) is 2.59. The molecule has 2 rings (SSSR count). The van der Waals surface area contributed by atoms with E-state index in [0.717, 1.165) is 12.1 Å². The monoisotopic (exact) mass is 367 g/mol. The van der Waals surface area contributed by atoms with Gasteiger partial charge in [0.25, 0.3) is 0 Å². The van der Waals surface area contributed by atoms with E-state index in [1.165, 1.54) is 23.3 Å². The zero-order valence-electron chi connectivity index (χ0n) is 14.5. The van der Waals surface area contributed by atoms with Gasteiger partial charge in [-0.3, -0.25) is 0 Å². The third-order valence-electron chi connectivity index (χ3n) is 3.91. The van der Waals surface area contributed by atoms with E-state index in [-0.39, 0.29) is 23.8 Å². The lowest BCUT2D eigenvalue weighted by molar-refractivity contribution is -0.137. The Labute approximate surface area is 149 Å². The van der Waals surface area contributed by atoms with Gasteiger partial charge in [-0.1, -0.05) is 30.3 Å². The van der Waals surface area contributed by atoms with Gasteiger partial charge in [-0.2, -0.15) is 13.2 Å². The van der Waals surface area contributed by atoms with Crippen LogP contribution in [0.5, 0.6) is 5.75 Å². The van der Waals surface area contributed by atoms with E-state index in [2.05, 4.69) is 0 Å². The summed E-state index contributed by atoms with van der Waals surface area (Å²) < 4.78 is 38.5. The number of hydrogen-bond acceptors (Lipinski definition) is 4. The zero-order chi connectivity index (χ0) is 19.3. The van der Waals surface area contributed by atoms with Gasteiger partial charge in [0.1, 0.15) is 11.3 Å². The molecule has 1 atom stereocenters. The van der Waals surface area contributed by atoms with Crippen molar-refractivity contribution >= 4 is 5.97 Å². The van der Waals surface area contributed by atoms with Crippen LogP contribution in [0.15, 0.2) is 48.5 Å². The molecule has 0 aliphatic heterocycles. The fourth-order valence-corrected chi connectivity index (χ4v) is 2.59. The summed E-state index contributed by atoms with van der Waals surface area (Å²) in [6.07, 6.45) is -4.13. The van der Waals surface area contributed by atoms with Crippen LogP contribution in [-0.2, 0) is 17.4 Å². The van der Waals surface area contributed by atoms with Gasteiger partial charge >= 0.3 is 12.1 Å². The number of phenolic OH excluding ortho intramolecular Hbond substituents is 1. The van der Waals surface area contributed by atoms with E-state index in [9.17, 15) is 23.1 Å². The number of nitrogens with zero attached hydrogens (tertiary/aromatic N) is 1. The summed E-state index contributed by atoms with van der Waals surface area (Å²) in [6.45, 7) is 3.86. The summed E-state index contributed by atoms with van der Waals surface area (Å²) in [5.41, 5.74) is -0.196. The molecule has 0 aromatic heterocycles. The van der Waals surface area contributed by atoms with Crippen LogP contribution in [0.3, 0.4) is 0 Å². The maximum atomic E-state index is 12.8. The van der Waals surface area contributed by atoms with Crippen LogP contribution >= 0.6 is 0 Å². The van der Waals surface area contributed by atoms with Crippen molar-refractivity contribution in [3.8, 4) is 5.75 Å². The average molecular weight is 367 g/mol. The molecule has 0 bridgehead atoms. The number of para-hydroxylation sites is 1. The zero-order valence-corrected chi connectivity index (χ0v) is 14.5. The van der Waals surface area contributed by atoms with Crippen LogP contribution in [0.25, 0.3) is 0 Å². The molecule has 1 unspecified atom stereocenters. The van der Waals surface area contributed by atoms with Crippen LogP contribution in [0.1, 0.15) is 35.3 Å². The fourth-order valence-electron chi connectivity index (χ4n) is 2.59. The van der Waals surface area contributed by atoms with E-state index < -0.39 is 17.7 Å².